The van der Waals surface area contributed by atoms with Gasteiger partial charge in [0.1, 0.15) is 0 Å². The first kappa shape index (κ1) is 14.0. The van der Waals surface area contributed by atoms with E-state index in [0.29, 0.717) is 12.1 Å². The fourth-order valence-electron chi connectivity index (χ4n) is 2.86. The Morgan fingerprint density at radius 3 is 3.17 bits per heavy atom. The van der Waals surface area contributed by atoms with E-state index in [1.807, 2.05) is 11.3 Å². The van der Waals surface area contributed by atoms with Crippen LogP contribution < -0.4 is 5.32 Å². The summed E-state index contributed by atoms with van der Waals surface area (Å²) in [7, 11) is 0. The summed E-state index contributed by atoms with van der Waals surface area (Å²) in [4.78, 5) is 4.25. The van der Waals surface area contributed by atoms with Crippen LogP contribution in [0.2, 0.25) is 0 Å². The van der Waals surface area contributed by atoms with E-state index in [0.717, 1.165) is 13.1 Å². The van der Waals surface area contributed by atoms with Gasteiger partial charge in [-0.25, -0.2) is 0 Å². The minimum absolute atomic E-state index is 0.586. The molecular weight excluding hydrogens is 240 g/mol. The van der Waals surface area contributed by atoms with Crippen molar-refractivity contribution in [3.8, 4) is 0 Å². The number of unbranched alkanes of at least 4 members (excludes halogenated alkanes) is 1. The quantitative estimate of drug-likeness (QED) is 0.793. The average molecular weight is 266 g/mol. The lowest BCUT2D eigenvalue weighted by atomic mass is 9.99. The third-order valence-corrected chi connectivity index (χ3v) is 5.03. The second kappa shape index (κ2) is 6.69. The van der Waals surface area contributed by atoms with Crippen LogP contribution in [0.5, 0.6) is 0 Å². The smallest absolute Gasteiger partial charge is 0.0334 e. The number of nitrogens with zero attached hydrogens (tertiary/aromatic N) is 1. The Labute approximate surface area is 115 Å². The fourth-order valence-corrected chi connectivity index (χ4v) is 3.82. The van der Waals surface area contributed by atoms with E-state index in [4.69, 9.17) is 0 Å². The molecule has 2 nitrogen and oxygen atoms in total. The molecule has 2 heterocycles. The molecule has 0 radical (unpaired) electrons. The molecule has 2 atom stereocenters. The Balaban J connectivity index is 1.86. The molecule has 0 amide bonds. The van der Waals surface area contributed by atoms with E-state index < -0.39 is 0 Å². The molecule has 0 fully saturated rings. The predicted octanol–water partition coefficient (Wildman–Crippen LogP) is 3.45. The molecule has 0 aliphatic carbocycles. The summed E-state index contributed by atoms with van der Waals surface area (Å²) < 4.78 is 0. The van der Waals surface area contributed by atoms with Crippen LogP contribution in [0.4, 0.5) is 0 Å². The Morgan fingerprint density at radius 2 is 2.39 bits per heavy atom. The third-order valence-electron chi connectivity index (χ3n) is 4.04. The zero-order valence-electron chi connectivity index (χ0n) is 11.9. The molecule has 1 N–H and O–H groups in total. The Kier molecular flexibility index (Phi) is 5.22. The van der Waals surface area contributed by atoms with Gasteiger partial charge in [0.2, 0.25) is 0 Å². The van der Waals surface area contributed by atoms with Gasteiger partial charge in [0.15, 0.2) is 0 Å². The van der Waals surface area contributed by atoms with Crippen molar-refractivity contribution in [2.75, 3.05) is 19.6 Å². The van der Waals surface area contributed by atoms with Gasteiger partial charge in [-0.2, -0.15) is 0 Å². The minimum Gasteiger partial charge on any atom is -0.315 e. The molecule has 1 aliphatic heterocycles. The molecule has 1 aliphatic rings. The molecule has 0 aromatic carbocycles. The molecule has 0 saturated carbocycles. The second-order valence-corrected chi connectivity index (χ2v) is 6.37. The summed E-state index contributed by atoms with van der Waals surface area (Å²) in [6.45, 7) is 10.4. The van der Waals surface area contributed by atoms with Gasteiger partial charge in [-0.3, -0.25) is 4.90 Å². The standard InChI is InChI=1S/C15H26N2S/c1-4-5-8-16-11-12(2)17-9-6-15-14(13(17)3)7-10-18-15/h7,10,12-13,16H,4-6,8-9,11H2,1-3H3. The number of hydrogen-bond acceptors (Lipinski definition) is 3. The molecule has 1 aromatic rings. The molecule has 18 heavy (non-hydrogen) atoms. The van der Waals surface area contributed by atoms with Gasteiger partial charge in [0.05, 0.1) is 0 Å². The first-order valence-corrected chi connectivity index (χ1v) is 8.14. The molecule has 0 bridgehead atoms. The first-order valence-electron chi connectivity index (χ1n) is 7.26. The molecule has 102 valence electrons. The SMILES string of the molecule is CCCCNCC(C)N1CCc2sccc2C1C. The zero-order valence-corrected chi connectivity index (χ0v) is 12.7. The summed E-state index contributed by atoms with van der Waals surface area (Å²) >= 11 is 1.93. The van der Waals surface area contributed by atoms with Crippen molar-refractivity contribution < 1.29 is 0 Å². The lowest BCUT2D eigenvalue weighted by molar-refractivity contribution is 0.143. The van der Waals surface area contributed by atoms with Gasteiger partial charge in [-0.05, 0) is 50.2 Å². The van der Waals surface area contributed by atoms with Crippen LogP contribution in [-0.4, -0.2) is 30.6 Å². The topological polar surface area (TPSA) is 15.3 Å². The van der Waals surface area contributed by atoms with E-state index in [-0.39, 0.29) is 0 Å². The molecule has 2 unspecified atom stereocenters. The van der Waals surface area contributed by atoms with Gasteiger partial charge >= 0.3 is 0 Å². The summed E-state index contributed by atoms with van der Waals surface area (Å²) in [6, 6.07) is 3.53. The van der Waals surface area contributed by atoms with Crippen LogP contribution >= 0.6 is 11.3 Å². The van der Waals surface area contributed by atoms with E-state index in [9.17, 15) is 0 Å². The number of fused-ring (bicyclic) bond motifs is 1. The maximum atomic E-state index is 3.58. The van der Waals surface area contributed by atoms with Crippen molar-refractivity contribution >= 4 is 11.3 Å². The van der Waals surface area contributed by atoms with Crippen molar-refractivity contribution in [1.29, 1.82) is 0 Å². The van der Waals surface area contributed by atoms with Crippen molar-refractivity contribution in [1.82, 2.24) is 10.2 Å². The van der Waals surface area contributed by atoms with Crippen LogP contribution in [0, 0.1) is 0 Å². The number of thiophene rings is 1. The van der Waals surface area contributed by atoms with Crippen molar-refractivity contribution in [2.24, 2.45) is 0 Å². The Morgan fingerprint density at radius 1 is 1.56 bits per heavy atom. The maximum Gasteiger partial charge on any atom is 0.0334 e. The molecule has 0 spiro atoms. The summed E-state index contributed by atoms with van der Waals surface area (Å²) in [6.07, 6.45) is 3.80. The molecule has 1 aromatic heterocycles. The average Bonchev–Trinajstić information content (AvgIpc) is 2.84. The highest BCUT2D eigenvalue weighted by Gasteiger charge is 2.27. The van der Waals surface area contributed by atoms with E-state index in [2.05, 4.69) is 42.4 Å². The lowest BCUT2D eigenvalue weighted by Crippen LogP contribution is -2.44. The molecule has 0 saturated heterocycles. The number of rotatable bonds is 6. The minimum atomic E-state index is 0.586. The van der Waals surface area contributed by atoms with Gasteiger partial charge in [-0.1, -0.05) is 13.3 Å². The second-order valence-electron chi connectivity index (χ2n) is 5.37. The molecule has 2 rings (SSSR count). The van der Waals surface area contributed by atoms with Gasteiger partial charge in [-0.15, -0.1) is 11.3 Å². The Hall–Kier alpha value is -0.380. The summed E-state index contributed by atoms with van der Waals surface area (Å²) in [5, 5.41) is 5.83. The molecule has 3 heteroatoms. The summed E-state index contributed by atoms with van der Waals surface area (Å²) in [5.41, 5.74) is 1.56. The van der Waals surface area contributed by atoms with E-state index in [1.165, 1.54) is 25.8 Å². The van der Waals surface area contributed by atoms with Crippen LogP contribution in [0.3, 0.4) is 0 Å². The predicted molar refractivity (Wildman–Crippen MR) is 80.4 cm³/mol. The largest absolute Gasteiger partial charge is 0.315 e. The van der Waals surface area contributed by atoms with Crippen LogP contribution in [-0.2, 0) is 6.42 Å². The van der Waals surface area contributed by atoms with Crippen molar-refractivity contribution in [3.63, 3.8) is 0 Å². The number of hydrogen-bond donors (Lipinski definition) is 1. The third kappa shape index (κ3) is 3.14. The van der Waals surface area contributed by atoms with Gasteiger partial charge < -0.3 is 5.32 Å². The normalized spacial score (nSPS) is 21.8. The first-order chi connectivity index (χ1) is 8.74. The van der Waals surface area contributed by atoms with Crippen LogP contribution in [0.15, 0.2) is 11.4 Å². The van der Waals surface area contributed by atoms with Crippen LogP contribution in [0.25, 0.3) is 0 Å². The van der Waals surface area contributed by atoms with Gasteiger partial charge in [0, 0.05) is 30.1 Å². The Bertz CT molecular complexity index is 361. The zero-order chi connectivity index (χ0) is 13.0. The van der Waals surface area contributed by atoms with E-state index in [1.54, 1.807) is 10.4 Å². The highest BCUT2D eigenvalue weighted by molar-refractivity contribution is 7.10. The maximum absolute atomic E-state index is 3.58. The fraction of sp³-hybridized carbons (Fsp3) is 0.733. The van der Waals surface area contributed by atoms with Gasteiger partial charge in [0.25, 0.3) is 0 Å². The molecular formula is C15H26N2S. The highest BCUT2D eigenvalue weighted by atomic mass is 32.1. The lowest BCUT2D eigenvalue weighted by Gasteiger charge is -2.38. The monoisotopic (exact) mass is 266 g/mol. The highest BCUT2D eigenvalue weighted by Crippen LogP contribution is 2.33. The summed E-state index contributed by atoms with van der Waals surface area (Å²) in [5.74, 6) is 0. The van der Waals surface area contributed by atoms with Crippen LogP contribution in [0.1, 0.15) is 50.1 Å². The van der Waals surface area contributed by atoms with Crippen molar-refractivity contribution in [2.45, 2.75) is 52.1 Å². The van der Waals surface area contributed by atoms with E-state index >= 15 is 0 Å². The van der Waals surface area contributed by atoms with Crippen molar-refractivity contribution in [3.05, 3.63) is 21.9 Å². The number of nitrogens with one attached hydrogen (secondary N) is 1.